The Bertz CT molecular complexity index is 569. The fourth-order valence-corrected chi connectivity index (χ4v) is 2.14. The first-order valence-electron chi connectivity index (χ1n) is 5.87. The van der Waals surface area contributed by atoms with E-state index in [0.29, 0.717) is 5.69 Å². The Morgan fingerprint density at radius 2 is 2.17 bits per heavy atom. The van der Waals surface area contributed by atoms with Crippen molar-refractivity contribution in [1.82, 2.24) is 4.98 Å². The quantitative estimate of drug-likeness (QED) is 0.881. The second kappa shape index (κ2) is 4.38. The lowest BCUT2D eigenvalue weighted by atomic mass is 10.0. The van der Waals surface area contributed by atoms with E-state index in [4.69, 9.17) is 10.5 Å². The highest BCUT2D eigenvalue weighted by Crippen LogP contribution is 2.29. The van der Waals surface area contributed by atoms with Gasteiger partial charge < -0.3 is 10.5 Å². The van der Waals surface area contributed by atoms with Crippen molar-refractivity contribution in [3.63, 3.8) is 0 Å². The molecule has 2 aromatic rings. The summed E-state index contributed by atoms with van der Waals surface area (Å²) in [5, 5.41) is 0. The van der Waals surface area contributed by atoms with Gasteiger partial charge in [0, 0.05) is 6.42 Å². The Labute approximate surface area is 104 Å². The SMILES string of the molecule is NC(c1ccc2c(c1)CCO2)c1ccc(F)cn1. The van der Waals surface area contributed by atoms with E-state index >= 15 is 0 Å². The number of nitrogens with two attached hydrogens (primary N) is 1. The zero-order valence-electron chi connectivity index (χ0n) is 9.77. The number of hydrogen-bond donors (Lipinski definition) is 1. The van der Waals surface area contributed by atoms with Crippen LogP contribution in [0.2, 0.25) is 0 Å². The van der Waals surface area contributed by atoms with Crippen molar-refractivity contribution < 1.29 is 9.13 Å². The lowest BCUT2D eigenvalue weighted by Gasteiger charge is -2.12. The monoisotopic (exact) mass is 244 g/mol. The standard InChI is InChI=1S/C14H13FN2O/c15-11-2-3-12(17-8-11)14(16)10-1-4-13-9(7-10)5-6-18-13/h1-4,7-8,14H,5-6,16H2. The van der Waals surface area contributed by atoms with E-state index in [0.717, 1.165) is 24.3 Å². The highest BCUT2D eigenvalue weighted by Gasteiger charge is 2.16. The van der Waals surface area contributed by atoms with Gasteiger partial charge in [0.1, 0.15) is 11.6 Å². The summed E-state index contributed by atoms with van der Waals surface area (Å²) >= 11 is 0. The van der Waals surface area contributed by atoms with Gasteiger partial charge in [0.25, 0.3) is 0 Å². The van der Waals surface area contributed by atoms with E-state index in [9.17, 15) is 4.39 Å². The average molecular weight is 244 g/mol. The molecule has 2 N–H and O–H groups in total. The molecule has 3 nitrogen and oxygen atoms in total. The molecule has 1 aliphatic rings. The molecule has 1 aliphatic heterocycles. The molecular formula is C14H13FN2O. The Hall–Kier alpha value is -1.94. The molecule has 1 aromatic heterocycles. The van der Waals surface area contributed by atoms with Gasteiger partial charge in [0.05, 0.1) is 24.5 Å². The van der Waals surface area contributed by atoms with Crippen LogP contribution in [0.4, 0.5) is 4.39 Å². The van der Waals surface area contributed by atoms with Gasteiger partial charge in [-0.25, -0.2) is 4.39 Å². The lowest BCUT2D eigenvalue weighted by molar-refractivity contribution is 0.357. The number of nitrogens with zero attached hydrogens (tertiary/aromatic N) is 1. The van der Waals surface area contributed by atoms with Crippen molar-refractivity contribution in [2.24, 2.45) is 5.73 Å². The van der Waals surface area contributed by atoms with E-state index in [2.05, 4.69) is 4.98 Å². The predicted molar refractivity (Wildman–Crippen MR) is 65.9 cm³/mol. The number of benzene rings is 1. The predicted octanol–water partition coefficient (Wildman–Crippen LogP) is 2.20. The Morgan fingerprint density at radius 3 is 2.94 bits per heavy atom. The summed E-state index contributed by atoms with van der Waals surface area (Å²) in [4.78, 5) is 4.02. The smallest absolute Gasteiger partial charge is 0.141 e. The van der Waals surface area contributed by atoms with E-state index < -0.39 is 0 Å². The van der Waals surface area contributed by atoms with Crippen molar-refractivity contribution in [1.29, 1.82) is 0 Å². The molecule has 0 saturated carbocycles. The number of ether oxygens (including phenoxy) is 1. The first kappa shape index (κ1) is 11.2. The molecule has 3 rings (SSSR count). The molecular weight excluding hydrogens is 231 g/mol. The summed E-state index contributed by atoms with van der Waals surface area (Å²) in [5.41, 5.74) is 8.94. The fourth-order valence-electron chi connectivity index (χ4n) is 2.14. The zero-order valence-corrected chi connectivity index (χ0v) is 9.77. The average Bonchev–Trinajstić information content (AvgIpc) is 2.86. The lowest BCUT2D eigenvalue weighted by Crippen LogP contribution is -2.13. The Kier molecular flexibility index (Phi) is 2.72. The topological polar surface area (TPSA) is 48.1 Å². The van der Waals surface area contributed by atoms with Gasteiger partial charge in [-0.05, 0) is 29.3 Å². The molecule has 0 saturated heterocycles. The van der Waals surface area contributed by atoms with Crippen molar-refractivity contribution in [2.75, 3.05) is 6.61 Å². The molecule has 0 fully saturated rings. The molecule has 2 heterocycles. The van der Waals surface area contributed by atoms with E-state index in [1.54, 1.807) is 6.07 Å². The van der Waals surface area contributed by atoms with Gasteiger partial charge in [-0.1, -0.05) is 12.1 Å². The highest BCUT2D eigenvalue weighted by atomic mass is 19.1. The third-order valence-electron chi connectivity index (χ3n) is 3.14. The van der Waals surface area contributed by atoms with Crippen LogP contribution in [0, 0.1) is 5.82 Å². The summed E-state index contributed by atoms with van der Waals surface area (Å²) < 4.78 is 18.3. The Morgan fingerprint density at radius 1 is 1.28 bits per heavy atom. The van der Waals surface area contributed by atoms with Crippen LogP contribution in [-0.4, -0.2) is 11.6 Å². The van der Waals surface area contributed by atoms with Crippen LogP contribution < -0.4 is 10.5 Å². The van der Waals surface area contributed by atoms with E-state index in [-0.39, 0.29) is 11.9 Å². The van der Waals surface area contributed by atoms with Crippen LogP contribution in [0.3, 0.4) is 0 Å². The number of fused-ring (bicyclic) bond motifs is 1. The van der Waals surface area contributed by atoms with Gasteiger partial charge in [-0.15, -0.1) is 0 Å². The van der Waals surface area contributed by atoms with Gasteiger partial charge in [0.15, 0.2) is 0 Å². The molecule has 92 valence electrons. The molecule has 1 unspecified atom stereocenters. The molecule has 0 aliphatic carbocycles. The minimum atomic E-state index is -0.353. The van der Waals surface area contributed by atoms with Gasteiger partial charge >= 0.3 is 0 Å². The molecule has 0 radical (unpaired) electrons. The second-order valence-corrected chi connectivity index (χ2v) is 4.34. The van der Waals surface area contributed by atoms with Crippen LogP contribution >= 0.6 is 0 Å². The first-order chi connectivity index (χ1) is 8.74. The maximum Gasteiger partial charge on any atom is 0.141 e. The summed E-state index contributed by atoms with van der Waals surface area (Å²) in [6.07, 6.45) is 2.10. The van der Waals surface area contributed by atoms with Crippen LogP contribution in [0.15, 0.2) is 36.5 Å². The van der Waals surface area contributed by atoms with Gasteiger partial charge in [-0.3, -0.25) is 4.98 Å². The molecule has 4 heteroatoms. The van der Waals surface area contributed by atoms with Crippen molar-refractivity contribution in [2.45, 2.75) is 12.5 Å². The maximum atomic E-state index is 12.8. The molecule has 0 bridgehead atoms. The minimum Gasteiger partial charge on any atom is -0.493 e. The van der Waals surface area contributed by atoms with Crippen molar-refractivity contribution in [3.8, 4) is 5.75 Å². The fraction of sp³-hybridized carbons (Fsp3) is 0.214. The molecule has 18 heavy (non-hydrogen) atoms. The molecule has 1 atom stereocenters. The third-order valence-corrected chi connectivity index (χ3v) is 3.14. The highest BCUT2D eigenvalue weighted by molar-refractivity contribution is 5.42. The maximum absolute atomic E-state index is 12.8. The molecule has 0 spiro atoms. The minimum absolute atomic E-state index is 0.337. The van der Waals surface area contributed by atoms with Crippen LogP contribution in [0.5, 0.6) is 5.75 Å². The van der Waals surface area contributed by atoms with E-state index in [1.165, 1.54) is 17.8 Å². The number of pyridine rings is 1. The molecule has 0 amide bonds. The summed E-state index contributed by atoms with van der Waals surface area (Å²) in [7, 11) is 0. The van der Waals surface area contributed by atoms with Gasteiger partial charge in [0.2, 0.25) is 0 Å². The molecule has 1 aromatic carbocycles. The number of halogens is 1. The van der Waals surface area contributed by atoms with Crippen LogP contribution in [0.1, 0.15) is 22.9 Å². The number of aromatic nitrogens is 1. The van der Waals surface area contributed by atoms with Gasteiger partial charge in [-0.2, -0.15) is 0 Å². The van der Waals surface area contributed by atoms with Crippen LogP contribution in [0.25, 0.3) is 0 Å². The van der Waals surface area contributed by atoms with Crippen LogP contribution in [-0.2, 0) is 6.42 Å². The summed E-state index contributed by atoms with van der Waals surface area (Å²) in [5.74, 6) is 0.575. The van der Waals surface area contributed by atoms with Crippen molar-refractivity contribution >= 4 is 0 Å². The number of hydrogen-bond acceptors (Lipinski definition) is 3. The Balaban J connectivity index is 1.92. The largest absolute Gasteiger partial charge is 0.493 e. The normalized spacial score (nSPS) is 15.0. The second-order valence-electron chi connectivity index (χ2n) is 4.34. The van der Waals surface area contributed by atoms with Crippen molar-refractivity contribution in [3.05, 3.63) is 59.2 Å². The van der Waals surface area contributed by atoms with E-state index in [1.807, 2.05) is 18.2 Å². The first-order valence-corrected chi connectivity index (χ1v) is 5.87. The zero-order chi connectivity index (χ0) is 12.5. The third kappa shape index (κ3) is 1.95. The summed E-state index contributed by atoms with van der Waals surface area (Å²) in [6, 6.07) is 8.55. The summed E-state index contributed by atoms with van der Waals surface area (Å²) in [6.45, 7) is 0.725. The number of rotatable bonds is 2.